The Morgan fingerprint density at radius 1 is 1.05 bits per heavy atom. The fourth-order valence-electron chi connectivity index (χ4n) is 2.26. The van der Waals surface area contributed by atoms with E-state index in [0.717, 1.165) is 27.2 Å². The molecule has 0 aliphatic carbocycles. The summed E-state index contributed by atoms with van der Waals surface area (Å²) in [5.74, 6) is -0.215. The lowest BCUT2D eigenvalue weighted by Gasteiger charge is -2.04. The SMILES string of the molecule is Fc1cccc(CNCc2[nH]c3ccccc3c2Cl)c1. The van der Waals surface area contributed by atoms with Gasteiger partial charge in [-0.1, -0.05) is 41.9 Å². The van der Waals surface area contributed by atoms with E-state index in [1.807, 2.05) is 30.3 Å². The molecule has 3 aromatic rings. The minimum Gasteiger partial charge on any atom is -0.356 e. The normalized spacial score (nSPS) is 11.1. The number of halogens is 2. The summed E-state index contributed by atoms with van der Waals surface area (Å²) < 4.78 is 13.1. The Balaban J connectivity index is 1.69. The summed E-state index contributed by atoms with van der Waals surface area (Å²) in [4.78, 5) is 3.29. The number of aromatic amines is 1. The maximum Gasteiger partial charge on any atom is 0.123 e. The number of nitrogens with one attached hydrogen (secondary N) is 2. The van der Waals surface area contributed by atoms with Crippen molar-refractivity contribution in [1.29, 1.82) is 0 Å². The van der Waals surface area contributed by atoms with Crippen LogP contribution in [-0.4, -0.2) is 4.98 Å². The molecule has 2 aromatic carbocycles. The Kier molecular flexibility index (Phi) is 3.72. The van der Waals surface area contributed by atoms with Crippen molar-refractivity contribution in [1.82, 2.24) is 10.3 Å². The van der Waals surface area contributed by atoms with Gasteiger partial charge in [-0.25, -0.2) is 4.39 Å². The van der Waals surface area contributed by atoms with E-state index in [0.29, 0.717) is 13.1 Å². The van der Waals surface area contributed by atoms with Gasteiger partial charge in [0.25, 0.3) is 0 Å². The first kappa shape index (κ1) is 13.2. The second-order valence-corrected chi connectivity index (χ2v) is 5.07. The fraction of sp³-hybridized carbons (Fsp3) is 0.125. The maximum absolute atomic E-state index is 13.1. The van der Waals surface area contributed by atoms with Gasteiger partial charge in [-0.05, 0) is 23.8 Å². The van der Waals surface area contributed by atoms with Crippen LogP contribution in [0.15, 0.2) is 48.5 Å². The van der Waals surface area contributed by atoms with Crippen LogP contribution < -0.4 is 5.32 Å². The van der Waals surface area contributed by atoms with E-state index >= 15 is 0 Å². The van der Waals surface area contributed by atoms with Gasteiger partial charge in [0.1, 0.15) is 5.82 Å². The molecule has 0 radical (unpaired) electrons. The van der Waals surface area contributed by atoms with E-state index in [-0.39, 0.29) is 5.82 Å². The molecule has 0 bridgehead atoms. The van der Waals surface area contributed by atoms with Crippen molar-refractivity contribution in [2.24, 2.45) is 0 Å². The lowest BCUT2D eigenvalue weighted by atomic mass is 10.2. The van der Waals surface area contributed by atoms with Crippen LogP contribution in [0.3, 0.4) is 0 Å². The van der Waals surface area contributed by atoms with E-state index < -0.39 is 0 Å². The van der Waals surface area contributed by atoms with Crippen LogP contribution in [0.25, 0.3) is 10.9 Å². The minimum atomic E-state index is -0.215. The molecule has 0 atom stereocenters. The first-order valence-electron chi connectivity index (χ1n) is 6.44. The quantitative estimate of drug-likeness (QED) is 0.738. The van der Waals surface area contributed by atoms with Gasteiger partial charge in [0, 0.05) is 29.7 Å². The van der Waals surface area contributed by atoms with Crippen molar-refractivity contribution in [3.05, 3.63) is 70.6 Å². The number of hydrogen-bond donors (Lipinski definition) is 2. The molecule has 2 nitrogen and oxygen atoms in total. The first-order chi connectivity index (χ1) is 9.74. The molecule has 20 heavy (non-hydrogen) atoms. The van der Waals surface area contributed by atoms with Gasteiger partial charge in [-0.3, -0.25) is 0 Å². The van der Waals surface area contributed by atoms with Crippen LogP contribution in [0, 0.1) is 5.82 Å². The van der Waals surface area contributed by atoms with Crippen molar-refractivity contribution in [3.63, 3.8) is 0 Å². The summed E-state index contributed by atoms with van der Waals surface area (Å²) >= 11 is 6.33. The van der Waals surface area contributed by atoms with Crippen molar-refractivity contribution in [3.8, 4) is 0 Å². The summed E-state index contributed by atoms with van der Waals surface area (Å²) in [7, 11) is 0. The van der Waals surface area contributed by atoms with Gasteiger partial charge in [-0.2, -0.15) is 0 Å². The molecule has 0 aliphatic rings. The second kappa shape index (κ2) is 5.65. The van der Waals surface area contributed by atoms with Gasteiger partial charge in [-0.15, -0.1) is 0 Å². The van der Waals surface area contributed by atoms with E-state index in [9.17, 15) is 4.39 Å². The largest absolute Gasteiger partial charge is 0.356 e. The predicted octanol–water partition coefficient (Wildman–Crippen LogP) is 4.25. The summed E-state index contributed by atoms with van der Waals surface area (Å²) in [6, 6.07) is 14.5. The Morgan fingerprint density at radius 2 is 1.90 bits per heavy atom. The number of aromatic nitrogens is 1. The van der Waals surface area contributed by atoms with E-state index in [4.69, 9.17) is 11.6 Å². The molecular weight excluding hydrogens is 275 g/mol. The molecule has 1 heterocycles. The van der Waals surface area contributed by atoms with Crippen LogP contribution in [-0.2, 0) is 13.1 Å². The minimum absolute atomic E-state index is 0.215. The van der Waals surface area contributed by atoms with Crippen LogP contribution in [0.4, 0.5) is 4.39 Å². The average molecular weight is 289 g/mol. The Labute approximate surface area is 121 Å². The molecule has 4 heteroatoms. The van der Waals surface area contributed by atoms with E-state index in [2.05, 4.69) is 10.3 Å². The number of para-hydroxylation sites is 1. The molecule has 0 aliphatic heterocycles. The smallest absolute Gasteiger partial charge is 0.123 e. The fourth-order valence-corrected chi connectivity index (χ4v) is 2.54. The Hall–Kier alpha value is -1.84. The number of hydrogen-bond acceptors (Lipinski definition) is 1. The summed E-state index contributed by atoms with van der Waals surface area (Å²) in [5, 5.41) is 5.03. The van der Waals surface area contributed by atoms with Crippen LogP contribution in [0.5, 0.6) is 0 Å². The molecule has 0 fully saturated rings. The summed E-state index contributed by atoms with van der Waals surface area (Å²) in [5.41, 5.74) is 2.89. The van der Waals surface area contributed by atoms with E-state index in [1.54, 1.807) is 6.07 Å². The molecule has 1 aromatic heterocycles. The van der Waals surface area contributed by atoms with Crippen LogP contribution in [0.1, 0.15) is 11.3 Å². The summed E-state index contributed by atoms with van der Waals surface area (Å²) in [6.07, 6.45) is 0. The van der Waals surface area contributed by atoms with Crippen molar-refractivity contribution < 1.29 is 4.39 Å². The monoisotopic (exact) mass is 288 g/mol. The number of fused-ring (bicyclic) bond motifs is 1. The van der Waals surface area contributed by atoms with Gasteiger partial charge in [0.15, 0.2) is 0 Å². The van der Waals surface area contributed by atoms with Gasteiger partial charge < -0.3 is 10.3 Å². The second-order valence-electron chi connectivity index (χ2n) is 4.70. The van der Waals surface area contributed by atoms with Crippen LogP contribution in [0.2, 0.25) is 5.02 Å². The first-order valence-corrected chi connectivity index (χ1v) is 6.82. The highest BCUT2D eigenvalue weighted by atomic mass is 35.5. The lowest BCUT2D eigenvalue weighted by Crippen LogP contribution is -2.13. The average Bonchev–Trinajstić information content (AvgIpc) is 2.76. The molecule has 2 N–H and O–H groups in total. The molecule has 0 saturated heterocycles. The van der Waals surface area contributed by atoms with Crippen LogP contribution >= 0.6 is 11.6 Å². The number of benzene rings is 2. The molecule has 0 unspecified atom stereocenters. The molecule has 0 saturated carbocycles. The van der Waals surface area contributed by atoms with Gasteiger partial charge in [0.05, 0.1) is 5.02 Å². The zero-order valence-electron chi connectivity index (χ0n) is 10.8. The third-order valence-corrected chi connectivity index (χ3v) is 3.67. The molecule has 0 amide bonds. The third kappa shape index (κ3) is 2.69. The van der Waals surface area contributed by atoms with Crippen molar-refractivity contribution in [2.75, 3.05) is 0 Å². The summed E-state index contributed by atoms with van der Waals surface area (Å²) in [6.45, 7) is 1.22. The van der Waals surface area contributed by atoms with Crippen molar-refractivity contribution >= 4 is 22.5 Å². The topological polar surface area (TPSA) is 27.8 Å². The third-order valence-electron chi connectivity index (χ3n) is 3.23. The van der Waals surface area contributed by atoms with Gasteiger partial charge in [0.2, 0.25) is 0 Å². The molecule has 3 rings (SSSR count). The van der Waals surface area contributed by atoms with Gasteiger partial charge >= 0.3 is 0 Å². The molecule has 102 valence electrons. The Morgan fingerprint density at radius 3 is 2.70 bits per heavy atom. The standard InChI is InChI=1S/C16H14ClFN2/c17-16-13-6-1-2-7-14(13)20-15(16)10-19-9-11-4-3-5-12(18)8-11/h1-8,19-20H,9-10H2. The zero-order valence-corrected chi connectivity index (χ0v) is 11.5. The zero-order chi connectivity index (χ0) is 13.9. The van der Waals surface area contributed by atoms with Crippen molar-refractivity contribution in [2.45, 2.75) is 13.1 Å². The highest BCUT2D eigenvalue weighted by Crippen LogP contribution is 2.26. The highest BCUT2D eigenvalue weighted by Gasteiger charge is 2.08. The lowest BCUT2D eigenvalue weighted by molar-refractivity contribution is 0.619. The maximum atomic E-state index is 13.1. The highest BCUT2D eigenvalue weighted by molar-refractivity contribution is 6.36. The molecular formula is C16H14ClFN2. The number of rotatable bonds is 4. The Bertz CT molecular complexity index is 736. The number of H-pyrrole nitrogens is 1. The van der Waals surface area contributed by atoms with E-state index in [1.165, 1.54) is 12.1 Å². The predicted molar refractivity (Wildman–Crippen MR) is 80.3 cm³/mol. The molecule has 0 spiro atoms.